The Bertz CT molecular complexity index is 453. The summed E-state index contributed by atoms with van der Waals surface area (Å²) in [7, 11) is 0. The number of rotatable bonds is 5. The first-order chi connectivity index (χ1) is 8.51. The molecule has 0 bridgehead atoms. The van der Waals surface area contributed by atoms with Crippen molar-refractivity contribution >= 4 is 34.5 Å². The van der Waals surface area contributed by atoms with Crippen LogP contribution in [0, 0.1) is 10.6 Å². The molecule has 0 aliphatic heterocycles. The number of nitrogens with one attached hydrogen (secondary N) is 1. The summed E-state index contributed by atoms with van der Waals surface area (Å²) in [6, 6.07) is 0. The summed E-state index contributed by atoms with van der Waals surface area (Å²) < 4.78 is 10.6. The Morgan fingerprint density at radius 1 is 1.22 bits per heavy atom. The zero-order chi connectivity index (χ0) is 13.7. The number of carbonyl (C=O) groups excluding carboxylic acids is 2. The second-order valence-corrected chi connectivity index (χ2v) is 4.70. The maximum Gasteiger partial charge on any atom is 0.355 e. The van der Waals surface area contributed by atoms with E-state index in [9.17, 15) is 9.59 Å². The molecule has 0 radical (unpaired) electrons. The minimum Gasteiger partial charge on any atom is -0.466 e. The largest absolute Gasteiger partial charge is 0.466 e. The lowest BCUT2D eigenvalue weighted by atomic mass is 10.1. The quantitative estimate of drug-likeness (QED) is 0.642. The van der Waals surface area contributed by atoms with Gasteiger partial charge in [0.1, 0.15) is 5.69 Å². The van der Waals surface area contributed by atoms with E-state index in [-0.39, 0.29) is 12.4 Å². The van der Waals surface area contributed by atoms with Crippen molar-refractivity contribution < 1.29 is 19.1 Å². The highest BCUT2D eigenvalue weighted by molar-refractivity contribution is 14.1. The Kier molecular flexibility index (Phi) is 5.64. The molecule has 0 aliphatic rings. The fraction of sp³-hybridized carbons (Fsp3) is 0.500. The van der Waals surface area contributed by atoms with E-state index in [0.29, 0.717) is 18.9 Å². The molecule has 1 heterocycles. The number of esters is 2. The molecule has 0 amide bonds. The lowest BCUT2D eigenvalue weighted by molar-refractivity contribution is -0.142. The molecule has 1 rings (SSSR count). The first kappa shape index (κ1) is 15.0. The van der Waals surface area contributed by atoms with E-state index in [4.69, 9.17) is 9.47 Å². The van der Waals surface area contributed by atoms with E-state index in [2.05, 4.69) is 27.6 Å². The molecule has 18 heavy (non-hydrogen) atoms. The number of ether oxygens (including phenoxy) is 2. The van der Waals surface area contributed by atoms with E-state index < -0.39 is 5.97 Å². The van der Waals surface area contributed by atoms with Gasteiger partial charge in [-0.2, -0.15) is 0 Å². The van der Waals surface area contributed by atoms with Gasteiger partial charge in [0.2, 0.25) is 0 Å². The number of carbonyl (C=O) groups is 2. The topological polar surface area (TPSA) is 68.4 Å². The molecule has 0 spiro atoms. The summed E-state index contributed by atoms with van der Waals surface area (Å²) in [6.07, 6.45) is 0.161. The third-order valence-corrected chi connectivity index (χ3v) is 3.35. The number of aromatic amines is 1. The second-order valence-electron chi connectivity index (χ2n) is 3.62. The fourth-order valence-corrected chi connectivity index (χ4v) is 2.43. The molecule has 1 aromatic rings. The Labute approximate surface area is 119 Å². The Hall–Kier alpha value is -1.05. The molecule has 0 saturated heterocycles. The molecule has 1 aromatic heterocycles. The molecule has 0 fully saturated rings. The van der Waals surface area contributed by atoms with Crippen molar-refractivity contribution in [2.45, 2.75) is 27.2 Å². The van der Waals surface area contributed by atoms with Crippen LogP contribution in [0.5, 0.6) is 0 Å². The van der Waals surface area contributed by atoms with Crippen LogP contribution < -0.4 is 0 Å². The summed E-state index contributed by atoms with van der Waals surface area (Å²) in [5, 5.41) is 0. The average Bonchev–Trinajstić information content (AvgIpc) is 2.58. The van der Waals surface area contributed by atoms with Crippen molar-refractivity contribution in [3.8, 4) is 0 Å². The number of aromatic nitrogens is 1. The van der Waals surface area contributed by atoms with Gasteiger partial charge in [0, 0.05) is 0 Å². The number of hydrogen-bond acceptors (Lipinski definition) is 4. The molecule has 0 saturated carbocycles. The molecule has 100 valence electrons. The van der Waals surface area contributed by atoms with E-state index in [1.54, 1.807) is 20.8 Å². The highest BCUT2D eigenvalue weighted by atomic mass is 127. The first-order valence-corrected chi connectivity index (χ1v) is 6.78. The molecular weight excluding hydrogens is 349 g/mol. The van der Waals surface area contributed by atoms with Crippen molar-refractivity contribution in [1.82, 2.24) is 4.98 Å². The van der Waals surface area contributed by atoms with Gasteiger partial charge in [-0.1, -0.05) is 0 Å². The van der Waals surface area contributed by atoms with Crippen molar-refractivity contribution in [1.29, 1.82) is 0 Å². The number of hydrogen-bond donors (Lipinski definition) is 1. The predicted molar refractivity (Wildman–Crippen MR) is 74.5 cm³/mol. The summed E-state index contributed by atoms with van der Waals surface area (Å²) >= 11 is 2.06. The zero-order valence-corrected chi connectivity index (χ0v) is 12.8. The monoisotopic (exact) mass is 365 g/mol. The van der Waals surface area contributed by atoms with E-state index >= 15 is 0 Å². The Morgan fingerprint density at radius 3 is 2.39 bits per heavy atom. The van der Waals surface area contributed by atoms with Gasteiger partial charge < -0.3 is 14.5 Å². The van der Waals surface area contributed by atoms with Crippen molar-refractivity contribution in [2.24, 2.45) is 0 Å². The van der Waals surface area contributed by atoms with E-state index in [0.717, 1.165) is 14.8 Å². The van der Waals surface area contributed by atoms with Crippen molar-refractivity contribution in [3.63, 3.8) is 0 Å². The predicted octanol–water partition coefficient (Wildman–Crippen LogP) is 2.21. The lowest BCUT2D eigenvalue weighted by Crippen LogP contribution is -2.09. The molecule has 0 unspecified atom stereocenters. The highest BCUT2D eigenvalue weighted by Gasteiger charge is 2.20. The lowest BCUT2D eigenvalue weighted by Gasteiger charge is -2.03. The van der Waals surface area contributed by atoms with Crippen LogP contribution in [-0.2, 0) is 20.7 Å². The van der Waals surface area contributed by atoms with Crippen LogP contribution in [0.15, 0.2) is 0 Å². The van der Waals surface area contributed by atoms with Gasteiger partial charge in [0.05, 0.1) is 23.3 Å². The molecule has 6 heteroatoms. The number of halogens is 1. The van der Waals surface area contributed by atoms with Crippen LogP contribution in [-0.4, -0.2) is 30.1 Å². The van der Waals surface area contributed by atoms with E-state index in [1.807, 2.05) is 0 Å². The van der Waals surface area contributed by atoms with Crippen LogP contribution in [0.25, 0.3) is 0 Å². The van der Waals surface area contributed by atoms with Gasteiger partial charge >= 0.3 is 11.9 Å². The van der Waals surface area contributed by atoms with Crippen LogP contribution >= 0.6 is 22.6 Å². The van der Waals surface area contributed by atoms with Gasteiger partial charge in [-0.05, 0) is 54.5 Å². The standard InChI is InChI=1S/C12H16INO4/c1-4-17-9(15)6-8-7(3)10(14-11(8)13)12(16)18-5-2/h14H,4-6H2,1-3H3. The van der Waals surface area contributed by atoms with Gasteiger partial charge in [-0.3, -0.25) is 4.79 Å². The van der Waals surface area contributed by atoms with Crippen LogP contribution in [0.4, 0.5) is 0 Å². The maximum absolute atomic E-state index is 11.7. The van der Waals surface area contributed by atoms with Crippen LogP contribution in [0.2, 0.25) is 0 Å². The summed E-state index contributed by atoms with van der Waals surface area (Å²) in [6.45, 7) is 5.97. The van der Waals surface area contributed by atoms with Gasteiger partial charge in [0.15, 0.2) is 0 Å². The summed E-state index contributed by atoms with van der Waals surface area (Å²) in [5.41, 5.74) is 1.93. The Morgan fingerprint density at radius 2 is 1.83 bits per heavy atom. The minimum atomic E-state index is -0.400. The Balaban J connectivity index is 2.94. The highest BCUT2D eigenvalue weighted by Crippen LogP contribution is 2.21. The summed E-state index contributed by atoms with van der Waals surface area (Å²) in [5.74, 6) is -0.698. The molecular formula is C12H16INO4. The van der Waals surface area contributed by atoms with Crippen LogP contribution in [0.1, 0.15) is 35.5 Å². The average molecular weight is 365 g/mol. The molecule has 1 N–H and O–H groups in total. The molecule has 5 nitrogen and oxygen atoms in total. The number of H-pyrrole nitrogens is 1. The SMILES string of the molecule is CCOC(=O)Cc1c(I)[nH]c(C(=O)OCC)c1C. The van der Waals surface area contributed by atoms with E-state index in [1.165, 1.54) is 0 Å². The molecule has 0 aromatic carbocycles. The second kappa shape index (κ2) is 6.77. The third-order valence-electron chi connectivity index (χ3n) is 2.43. The summed E-state index contributed by atoms with van der Waals surface area (Å²) in [4.78, 5) is 26.1. The normalized spacial score (nSPS) is 10.2. The third kappa shape index (κ3) is 3.47. The van der Waals surface area contributed by atoms with Gasteiger partial charge in [0.25, 0.3) is 0 Å². The smallest absolute Gasteiger partial charge is 0.355 e. The maximum atomic E-state index is 11.7. The van der Waals surface area contributed by atoms with Crippen molar-refractivity contribution in [2.75, 3.05) is 13.2 Å². The zero-order valence-electron chi connectivity index (χ0n) is 10.6. The van der Waals surface area contributed by atoms with Crippen LogP contribution in [0.3, 0.4) is 0 Å². The first-order valence-electron chi connectivity index (χ1n) is 5.70. The fourth-order valence-electron chi connectivity index (χ4n) is 1.57. The van der Waals surface area contributed by atoms with Gasteiger partial charge in [-0.15, -0.1) is 0 Å². The minimum absolute atomic E-state index is 0.161. The molecule has 0 aliphatic carbocycles. The van der Waals surface area contributed by atoms with Gasteiger partial charge in [-0.25, -0.2) is 4.79 Å². The van der Waals surface area contributed by atoms with Crippen molar-refractivity contribution in [3.05, 3.63) is 20.5 Å². The molecule has 0 atom stereocenters.